The molecule has 1 aromatic carbocycles. The van der Waals surface area contributed by atoms with Gasteiger partial charge in [0.25, 0.3) is 0 Å². The van der Waals surface area contributed by atoms with Gasteiger partial charge in [0.2, 0.25) is 11.7 Å². The summed E-state index contributed by atoms with van der Waals surface area (Å²) in [6, 6.07) is 8.03. The van der Waals surface area contributed by atoms with Gasteiger partial charge in [-0.1, -0.05) is 24.2 Å². The Balaban J connectivity index is 2.39. The molecule has 0 saturated carbocycles. The van der Waals surface area contributed by atoms with Crippen LogP contribution in [-0.2, 0) is 6.42 Å². The van der Waals surface area contributed by atoms with Gasteiger partial charge in [0, 0.05) is 15.6 Å². The van der Waals surface area contributed by atoms with E-state index in [0.717, 1.165) is 12.0 Å². The third kappa shape index (κ3) is 1.95. The minimum Gasteiger partial charge on any atom is -0.339 e. The van der Waals surface area contributed by atoms with Crippen LogP contribution < -0.4 is 0 Å². The lowest BCUT2D eigenvalue weighted by atomic mass is 10.2. The molecule has 2 aromatic rings. The molecular formula is C10H9IN2O. The van der Waals surface area contributed by atoms with Crippen molar-refractivity contribution < 1.29 is 4.52 Å². The fourth-order valence-corrected chi connectivity index (χ4v) is 1.69. The van der Waals surface area contributed by atoms with Gasteiger partial charge in [-0.05, 0) is 34.7 Å². The van der Waals surface area contributed by atoms with Crippen molar-refractivity contribution in [1.82, 2.24) is 10.1 Å². The van der Waals surface area contributed by atoms with Crippen LogP contribution in [0.4, 0.5) is 0 Å². The summed E-state index contributed by atoms with van der Waals surface area (Å²) in [6.45, 7) is 1.99. The first-order chi connectivity index (χ1) is 6.79. The van der Waals surface area contributed by atoms with E-state index in [9.17, 15) is 0 Å². The normalized spacial score (nSPS) is 10.4. The third-order valence-electron chi connectivity index (χ3n) is 1.85. The fraction of sp³-hybridized carbons (Fsp3) is 0.200. The monoisotopic (exact) mass is 300 g/mol. The maximum absolute atomic E-state index is 5.04. The number of aromatic nitrogens is 2. The number of nitrogens with zero attached hydrogens (tertiary/aromatic N) is 2. The predicted molar refractivity (Wildman–Crippen MR) is 61.8 cm³/mol. The van der Waals surface area contributed by atoms with Crippen LogP contribution in [0.1, 0.15) is 12.8 Å². The van der Waals surface area contributed by atoms with Gasteiger partial charge in [0.15, 0.2) is 0 Å². The van der Waals surface area contributed by atoms with E-state index >= 15 is 0 Å². The average Bonchev–Trinajstić information content (AvgIpc) is 2.66. The number of aryl methyl sites for hydroxylation is 1. The van der Waals surface area contributed by atoms with E-state index in [4.69, 9.17) is 4.52 Å². The van der Waals surface area contributed by atoms with Crippen molar-refractivity contribution in [3.8, 4) is 11.4 Å². The molecule has 0 N–H and O–H groups in total. The average molecular weight is 300 g/mol. The highest BCUT2D eigenvalue weighted by Crippen LogP contribution is 2.18. The van der Waals surface area contributed by atoms with Crippen LogP contribution in [0.5, 0.6) is 0 Å². The molecule has 0 atom stereocenters. The van der Waals surface area contributed by atoms with Gasteiger partial charge in [0.05, 0.1) is 0 Å². The van der Waals surface area contributed by atoms with E-state index in [2.05, 4.69) is 32.7 Å². The maximum Gasteiger partial charge on any atom is 0.226 e. The third-order valence-corrected chi connectivity index (χ3v) is 2.52. The number of benzene rings is 1. The minimum absolute atomic E-state index is 0.667. The Morgan fingerprint density at radius 2 is 2.29 bits per heavy atom. The van der Waals surface area contributed by atoms with E-state index in [0.29, 0.717) is 11.7 Å². The molecule has 0 aliphatic rings. The zero-order valence-electron chi connectivity index (χ0n) is 7.70. The van der Waals surface area contributed by atoms with Crippen molar-refractivity contribution in [1.29, 1.82) is 0 Å². The Hall–Kier alpha value is -0.910. The summed E-state index contributed by atoms with van der Waals surface area (Å²) in [5.41, 5.74) is 1.00. The second-order valence-electron chi connectivity index (χ2n) is 2.88. The van der Waals surface area contributed by atoms with Gasteiger partial charge in [-0.3, -0.25) is 0 Å². The van der Waals surface area contributed by atoms with Crippen molar-refractivity contribution in [3.63, 3.8) is 0 Å². The van der Waals surface area contributed by atoms with Crippen LogP contribution in [0.2, 0.25) is 0 Å². The minimum atomic E-state index is 0.667. The lowest BCUT2D eigenvalue weighted by Crippen LogP contribution is -1.82. The summed E-state index contributed by atoms with van der Waals surface area (Å²) >= 11 is 2.26. The van der Waals surface area contributed by atoms with E-state index in [-0.39, 0.29) is 0 Å². The Labute approximate surface area is 95.7 Å². The quantitative estimate of drug-likeness (QED) is 0.801. The van der Waals surface area contributed by atoms with Gasteiger partial charge in [-0.2, -0.15) is 4.98 Å². The van der Waals surface area contributed by atoms with Crippen LogP contribution in [-0.4, -0.2) is 10.1 Å². The lowest BCUT2D eigenvalue weighted by Gasteiger charge is -1.93. The number of rotatable bonds is 2. The molecule has 0 aliphatic carbocycles. The first-order valence-corrected chi connectivity index (χ1v) is 5.46. The molecule has 0 spiro atoms. The molecule has 1 aromatic heterocycles. The summed E-state index contributed by atoms with van der Waals surface area (Å²) < 4.78 is 6.21. The smallest absolute Gasteiger partial charge is 0.226 e. The zero-order chi connectivity index (χ0) is 9.97. The molecule has 3 nitrogen and oxygen atoms in total. The molecule has 0 radical (unpaired) electrons. The van der Waals surface area contributed by atoms with E-state index in [1.165, 1.54) is 3.57 Å². The first-order valence-electron chi connectivity index (χ1n) is 4.38. The Morgan fingerprint density at radius 3 is 2.93 bits per heavy atom. The van der Waals surface area contributed by atoms with Crippen molar-refractivity contribution >= 4 is 22.6 Å². The summed E-state index contributed by atoms with van der Waals surface area (Å²) in [6.07, 6.45) is 0.775. The summed E-state index contributed by atoms with van der Waals surface area (Å²) in [7, 11) is 0. The van der Waals surface area contributed by atoms with Crippen LogP contribution >= 0.6 is 22.6 Å². The largest absolute Gasteiger partial charge is 0.339 e. The van der Waals surface area contributed by atoms with Gasteiger partial charge >= 0.3 is 0 Å². The van der Waals surface area contributed by atoms with E-state index in [1.807, 2.05) is 31.2 Å². The molecule has 14 heavy (non-hydrogen) atoms. The highest BCUT2D eigenvalue weighted by molar-refractivity contribution is 14.1. The molecule has 0 aliphatic heterocycles. The standard InChI is InChI=1S/C10H9IN2O/c1-2-9-12-10(13-14-9)7-4-3-5-8(11)6-7/h3-6H,2H2,1H3. The van der Waals surface area contributed by atoms with Crippen LogP contribution in [0.3, 0.4) is 0 Å². The molecule has 0 fully saturated rings. The zero-order valence-corrected chi connectivity index (χ0v) is 9.85. The van der Waals surface area contributed by atoms with Crippen LogP contribution in [0.15, 0.2) is 28.8 Å². The van der Waals surface area contributed by atoms with E-state index in [1.54, 1.807) is 0 Å². The maximum atomic E-state index is 5.04. The fourth-order valence-electron chi connectivity index (χ4n) is 1.14. The summed E-state index contributed by atoms with van der Waals surface area (Å²) in [5, 5.41) is 3.91. The van der Waals surface area contributed by atoms with Crippen LogP contribution in [0.25, 0.3) is 11.4 Å². The second kappa shape index (κ2) is 4.08. The molecule has 0 saturated heterocycles. The van der Waals surface area contributed by atoms with Crippen LogP contribution in [0, 0.1) is 3.57 Å². The second-order valence-corrected chi connectivity index (χ2v) is 4.12. The van der Waals surface area contributed by atoms with Gasteiger partial charge in [0.1, 0.15) is 0 Å². The number of halogens is 1. The van der Waals surface area contributed by atoms with Gasteiger partial charge < -0.3 is 4.52 Å². The highest BCUT2D eigenvalue weighted by atomic mass is 127. The summed E-state index contributed by atoms with van der Waals surface area (Å²) in [4.78, 5) is 4.26. The number of hydrogen-bond donors (Lipinski definition) is 0. The Bertz CT molecular complexity index is 439. The van der Waals surface area contributed by atoms with Crippen molar-refractivity contribution in [2.75, 3.05) is 0 Å². The molecule has 72 valence electrons. The van der Waals surface area contributed by atoms with Gasteiger partial charge in [-0.15, -0.1) is 0 Å². The lowest BCUT2D eigenvalue weighted by molar-refractivity contribution is 0.383. The molecule has 0 bridgehead atoms. The van der Waals surface area contributed by atoms with Crippen molar-refractivity contribution in [2.45, 2.75) is 13.3 Å². The molecule has 4 heteroatoms. The summed E-state index contributed by atoms with van der Waals surface area (Å²) in [5.74, 6) is 1.35. The number of hydrogen-bond acceptors (Lipinski definition) is 3. The Morgan fingerprint density at radius 1 is 1.43 bits per heavy atom. The van der Waals surface area contributed by atoms with E-state index < -0.39 is 0 Å². The molecule has 1 heterocycles. The predicted octanol–water partition coefficient (Wildman–Crippen LogP) is 2.90. The first kappa shape index (κ1) is 9.64. The molecule has 0 amide bonds. The van der Waals surface area contributed by atoms with Crippen molar-refractivity contribution in [3.05, 3.63) is 33.7 Å². The SMILES string of the molecule is CCc1nc(-c2cccc(I)c2)no1. The molecular weight excluding hydrogens is 291 g/mol. The highest BCUT2D eigenvalue weighted by Gasteiger charge is 2.06. The Kier molecular flexibility index (Phi) is 2.81. The van der Waals surface area contributed by atoms with Crippen molar-refractivity contribution in [2.24, 2.45) is 0 Å². The van der Waals surface area contributed by atoms with Gasteiger partial charge in [-0.25, -0.2) is 0 Å². The molecule has 0 unspecified atom stereocenters. The topological polar surface area (TPSA) is 38.9 Å². The molecule has 2 rings (SSSR count).